The van der Waals surface area contributed by atoms with Crippen LogP contribution in [0.4, 0.5) is 5.69 Å². The highest BCUT2D eigenvalue weighted by Gasteiger charge is 2.11. The van der Waals surface area contributed by atoms with Gasteiger partial charge in [0.15, 0.2) is 0 Å². The van der Waals surface area contributed by atoms with E-state index in [9.17, 15) is 0 Å². The van der Waals surface area contributed by atoms with Crippen LogP contribution in [0.25, 0.3) is 22.4 Å². The Kier molecular flexibility index (Phi) is 1.77. The molecule has 2 heterocycles. The zero-order chi connectivity index (χ0) is 11.1. The quantitative estimate of drug-likeness (QED) is 0.653. The van der Waals surface area contributed by atoms with Crippen molar-refractivity contribution in [2.45, 2.75) is 6.92 Å². The van der Waals surface area contributed by atoms with Crippen LogP contribution in [0.1, 0.15) is 5.56 Å². The number of aromatic nitrogens is 2. The third-order valence-electron chi connectivity index (χ3n) is 2.71. The number of hydrogen-bond donors (Lipinski definition) is 2. The fourth-order valence-electron chi connectivity index (χ4n) is 1.88. The molecular formula is C12H11N3O. The topological polar surface area (TPSA) is 67.8 Å². The minimum Gasteiger partial charge on any atom is -0.394 e. The molecule has 4 heteroatoms. The normalized spacial score (nSPS) is 11.1. The average molecular weight is 213 g/mol. The molecule has 1 aromatic carbocycles. The van der Waals surface area contributed by atoms with Crippen molar-refractivity contribution < 1.29 is 4.52 Å². The summed E-state index contributed by atoms with van der Waals surface area (Å²) in [6.07, 6.45) is 1.51. The molecule has 3 N–H and O–H groups in total. The van der Waals surface area contributed by atoms with Crippen LogP contribution in [0.2, 0.25) is 0 Å². The lowest BCUT2D eigenvalue weighted by molar-refractivity contribution is 0.431. The molecule has 0 radical (unpaired) electrons. The van der Waals surface area contributed by atoms with Gasteiger partial charge >= 0.3 is 0 Å². The molecule has 0 aliphatic heterocycles. The van der Waals surface area contributed by atoms with E-state index < -0.39 is 0 Å². The van der Waals surface area contributed by atoms with E-state index >= 15 is 0 Å². The summed E-state index contributed by atoms with van der Waals surface area (Å²) < 4.78 is 5.11. The molecule has 0 aliphatic carbocycles. The Morgan fingerprint density at radius 1 is 1.38 bits per heavy atom. The van der Waals surface area contributed by atoms with Crippen molar-refractivity contribution in [3.05, 3.63) is 36.0 Å². The summed E-state index contributed by atoms with van der Waals surface area (Å²) in [5, 5.41) is 4.81. The van der Waals surface area contributed by atoms with Crippen molar-refractivity contribution >= 4 is 16.6 Å². The molecule has 0 atom stereocenters. The molecule has 80 valence electrons. The third kappa shape index (κ3) is 1.20. The Labute approximate surface area is 92.0 Å². The van der Waals surface area contributed by atoms with Crippen LogP contribution in [0, 0.1) is 6.92 Å². The van der Waals surface area contributed by atoms with Crippen molar-refractivity contribution in [2.24, 2.45) is 0 Å². The van der Waals surface area contributed by atoms with Crippen LogP contribution in [0.5, 0.6) is 0 Å². The predicted octanol–water partition coefficient (Wildman–Crippen LogP) is 2.71. The maximum absolute atomic E-state index is 5.76. The summed E-state index contributed by atoms with van der Waals surface area (Å²) in [6, 6.07) is 8.15. The second kappa shape index (κ2) is 3.13. The van der Waals surface area contributed by atoms with E-state index in [0.29, 0.717) is 11.4 Å². The molecule has 0 saturated heterocycles. The SMILES string of the molecule is Cc1cccc2cc(-c3oncc3N)[nH]c12. The Morgan fingerprint density at radius 2 is 2.25 bits per heavy atom. The van der Waals surface area contributed by atoms with Gasteiger partial charge in [0.2, 0.25) is 5.76 Å². The van der Waals surface area contributed by atoms with Gasteiger partial charge in [0.05, 0.1) is 11.9 Å². The molecule has 0 aliphatic rings. The van der Waals surface area contributed by atoms with E-state index in [1.807, 2.05) is 12.1 Å². The number of H-pyrrole nitrogens is 1. The van der Waals surface area contributed by atoms with E-state index in [4.69, 9.17) is 10.3 Å². The van der Waals surface area contributed by atoms with Crippen molar-refractivity contribution in [1.29, 1.82) is 0 Å². The monoisotopic (exact) mass is 213 g/mol. The summed E-state index contributed by atoms with van der Waals surface area (Å²) in [6.45, 7) is 2.06. The number of nitrogen functional groups attached to an aromatic ring is 1. The highest BCUT2D eigenvalue weighted by molar-refractivity contribution is 5.88. The van der Waals surface area contributed by atoms with Gasteiger partial charge in [-0.25, -0.2) is 0 Å². The molecule has 0 spiro atoms. The smallest absolute Gasteiger partial charge is 0.205 e. The van der Waals surface area contributed by atoms with E-state index in [0.717, 1.165) is 16.6 Å². The summed E-state index contributed by atoms with van der Waals surface area (Å²) in [7, 11) is 0. The van der Waals surface area contributed by atoms with Crippen molar-refractivity contribution in [3.63, 3.8) is 0 Å². The Balaban J connectivity index is 2.27. The van der Waals surface area contributed by atoms with Crippen molar-refractivity contribution in [3.8, 4) is 11.5 Å². The third-order valence-corrected chi connectivity index (χ3v) is 2.71. The zero-order valence-electron chi connectivity index (χ0n) is 8.82. The first-order valence-corrected chi connectivity index (χ1v) is 5.04. The van der Waals surface area contributed by atoms with Gasteiger partial charge in [-0.05, 0) is 18.6 Å². The standard InChI is InChI=1S/C12H11N3O/c1-7-3-2-4-8-5-10(15-11(7)8)12-9(13)6-14-16-12/h2-6,15H,13H2,1H3. The average Bonchev–Trinajstić information content (AvgIpc) is 2.84. The van der Waals surface area contributed by atoms with Crippen LogP contribution < -0.4 is 5.73 Å². The maximum atomic E-state index is 5.76. The molecule has 0 unspecified atom stereocenters. The first-order chi connectivity index (χ1) is 7.75. The Bertz CT molecular complexity index is 651. The molecule has 2 aromatic heterocycles. The highest BCUT2D eigenvalue weighted by atomic mass is 16.5. The Morgan fingerprint density at radius 3 is 2.94 bits per heavy atom. The predicted molar refractivity (Wildman–Crippen MR) is 62.9 cm³/mol. The summed E-state index contributed by atoms with van der Waals surface area (Å²) in [5.41, 5.74) is 9.46. The molecule has 0 saturated carbocycles. The largest absolute Gasteiger partial charge is 0.394 e. The maximum Gasteiger partial charge on any atom is 0.205 e. The van der Waals surface area contributed by atoms with Gasteiger partial charge in [-0.15, -0.1) is 0 Å². The van der Waals surface area contributed by atoms with Crippen LogP contribution in [0.3, 0.4) is 0 Å². The lowest BCUT2D eigenvalue weighted by atomic mass is 10.2. The van der Waals surface area contributed by atoms with Gasteiger partial charge in [0.25, 0.3) is 0 Å². The number of rotatable bonds is 1. The van der Waals surface area contributed by atoms with Gasteiger partial charge in [-0.3, -0.25) is 0 Å². The van der Waals surface area contributed by atoms with E-state index in [2.05, 4.69) is 29.2 Å². The van der Waals surface area contributed by atoms with Gasteiger partial charge in [-0.2, -0.15) is 0 Å². The molecule has 0 fully saturated rings. The highest BCUT2D eigenvalue weighted by Crippen LogP contribution is 2.29. The van der Waals surface area contributed by atoms with Crippen LogP contribution >= 0.6 is 0 Å². The number of aromatic amines is 1. The van der Waals surface area contributed by atoms with Crippen LogP contribution in [-0.4, -0.2) is 10.1 Å². The summed E-state index contributed by atoms with van der Waals surface area (Å²) in [5.74, 6) is 0.593. The molecule has 3 aromatic rings. The number of nitrogens with two attached hydrogens (primary N) is 1. The first kappa shape index (κ1) is 9.03. The molecule has 0 amide bonds. The number of fused-ring (bicyclic) bond motifs is 1. The second-order valence-electron chi connectivity index (χ2n) is 3.83. The lowest BCUT2D eigenvalue weighted by Gasteiger charge is -1.93. The number of nitrogens with one attached hydrogen (secondary N) is 1. The zero-order valence-corrected chi connectivity index (χ0v) is 8.82. The molecule has 0 bridgehead atoms. The van der Waals surface area contributed by atoms with E-state index in [1.54, 1.807) is 0 Å². The number of hydrogen-bond acceptors (Lipinski definition) is 3. The van der Waals surface area contributed by atoms with Gasteiger partial charge < -0.3 is 15.2 Å². The number of anilines is 1. The van der Waals surface area contributed by atoms with Gasteiger partial charge in [-0.1, -0.05) is 23.4 Å². The fourth-order valence-corrected chi connectivity index (χ4v) is 1.88. The summed E-state index contributed by atoms with van der Waals surface area (Å²) >= 11 is 0. The van der Waals surface area contributed by atoms with E-state index in [-0.39, 0.29) is 0 Å². The van der Waals surface area contributed by atoms with Crippen LogP contribution in [-0.2, 0) is 0 Å². The van der Waals surface area contributed by atoms with Crippen LogP contribution in [0.15, 0.2) is 35.0 Å². The summed E-state index contributed by atoms with van der Waals surface area (Å²) in [4.78, 5) is 3.29. The molecule has 3 rings (SSSR count). The Hall–Kier alpha value is -2.23. The fraction of sp³-hybridized carbons (Fsp3) is 0.0833. The minimum atomic E-state index is 0.546. The van der Waals surface area contributed by atoms with Crippen molar-refractivity contribution in [2.75, 3.05) is 5.73 Å². The number of aryl methyl sites for hydroxylation is 1. The molecule has 16 heavy (non-hydrogen) atoms. The van der Waals surface area contributed by atoms with Gasteiger partial charge in [0, 0.05) is 10.9 Å². The lowest BCUT2D eigenvalue weighted by Crippen LogP contribution is -1.84. The molecular weight excluding hydrogens is 202 g/mol. The first-order valence-electron chi connectivity index (χ1n) is 5.04. The number of benzene rings is 1. The second-order valence-corrected chi connectivity index (χ2v) is 3.83. The minimum absolute atomic E-state index is 0.546. The van der Waals surface area contributed by atoms with E-state index in [1.165, 1.54) is 11.8 Å². The number of para-hydroxylation sites is 1. The number of nitrogens with zero attached hydrogens (tertiary/aromatic N) is 1. The molecule has 4 nitrogen and oxygen atoms in total. The van der Waals surface area contributed by atoms with Gasteiger partial charge in [0.1, 0.15) is 5.69 Å². The van der Waals surface area contributed by atoms with Crippen molar-refractivity contribution in [1.82, 2.24) is 10.1 Å².